The molecule has 0 spiro atoms. The maximum absolute atomic E-state index is 11.7. The van der Waals surface area contributed by atoms with E-state index in [9.17, 15) is 14.7 Å². The molecule has 2 atom stereocenters. The fourth-order valence-electron chi connectivity index (χ4n) is 2.49. The molecule has 1 heterocycles. The summed E-state index contributed by atoms with van der Waals surface area (Å²) in [4.78, 5) is 24.5. The second-order valence-corrected chi connectivity index (χ2v) is 5.05. The third kappa shape index (κ3) is 4.96. The van der Waals surface area contributed by atoms with Gasteiger partial charge in [0.1, 0.15) is 0 Å². The highest BCUT2D eigenvalue weighted by atomic mass is 16.5. The Kier molecular flexibility index (Phi) is 7.30. The van der Waals surface area contributed by atoms with Gasteiger partial charge in [-0.25, -0.2) is 0 Å². The van der Waals surface area contributed by atoms with Gasteiger partial charge in [-0.1, -0.05) is 18.9 Å². The van der Waals surface area contributed by atoms with Crippen LogP contribution in [0, 0.1) is 0 Å². The molecule has 0 aromatic heterocycles. The number of nitrogens with zero attached hydrogens (tertiary/aromatic N) is 1. The Bertz CT molecular complexity index is 343. The summed E-state index contributed by atoms with van der Waals surface area (Å²) in [5, 5.41) is 9.70. The molecule has 20 heavy (non-hydrogen) atoms. The SMILES string of the molecule is C=CC1[C@H](O)CC(=O)N1CCCCCCC(=O)OCC. The maximum atomic E-state index is 11.7. The van der Waals surface area contributed by atoms with Gasteiger partial charge < -0.3 is 14.7 Å². The number of likely N-dealkylation sites (tertiary alicyclic amines) is 1. The van der Waals surface area contributed by atoms with Crippen molar-refractivity contribution in [1.82, 2.24) is 4.90 Å². The lowest BCUT2D eigenvalue weighted by Crippen LogP contribution is -2.36. The van der Waals surface area contributed by atoms with Crippen molar-refractivity contribution in [1.29, 1.82) is 0 Å². The van der Waals surface area contributed by atoms with E-state index in [0.717, 1.165) is 25.7 Å². The van der Waals surface area contributed by atoms with E-state index < -0.39 is 6.10 Å². The summed E-state index contributed by atoms with van der Waals surface area (Å²) in [6.07, 6.45) is 5.28. The Labute approximate surface area is 120 Å². The monoisotopic (exact) mass is 283 g/mol. The molecule has 1 saturated heterocycles. The van der Waals surface area contributed by atoms with Crippen molar-refractivity contribution >= 4 is 11.9 Å². The smallest absolute Gasteiger partial charge is 0.305 e. The molecule has 1 amide bonds. The standard InChI is InChI=1S/C15H25NO4/c1-3-12-13(17)11-14(18)16(12)10-8-6-5-7-9-15(19)20-4-2/h3,12-13,17H,1,4-11H2,2H3/t12?,13-/m1/s1. The van der Waals surface area contributed by atoms with Crippen molar-refractivity contribution in [3.05, 3.63) is 12.7 Å². The number of hydrogen-bond acceptors (Lipinski definition) is 4. The van der Waals surface area contributed by atoms with Gasteiger partial charge in [0.25, 0.3) is 0 Å². The van der Waals surface area contributed by atoms with Crippen molar-refractivity contribution < 1.29 is 19.4 Å². The van der Waals surface area contributed by atoms with Gasteiger partial charge in [0.05, 0.1) is 25.2 Å². The Morgan fingerprint density at radius 2 is 2.15 bits per heavy atom. The predicted molar refractivity (Wildman–Crippen MR) is 76.0 cm³/mol. The van der Waals surface area contributed by atoms with Crippen LogP contribution in [-0.4, -0.2) is 47.2 Å². The zero-order valence-electron chi connectivity index (χ0n) is 12.2. The molecule has 5 nitrogen and oxygen atoms in total. The van der Waals surface area contributed by atoms with Crippen LogP contribution in [0.5, 0.6) is 0 Å². The first-order chi connectivity index (χ1) is 9.60. The number of ether oxygens (including phenoxy) is 1. The first-order valence-electron chi connectivity index (χ1n) is 7.35. The van der Waals surface area contributed by atoms with Crippen molar-refractivity contribution in [3.8, 4) is 0 Å². The number of hydrogen-bond donors (Lipinski definition) is 1. The summed E-state index contributed by atoms with van der Waals surface area (Å²) >= 11 is 0. The molecule has 0 aromatic rings. The van der Waals surface area contributed by atoms with Crippen LogP contribution >= 0.6 is 0 Å². The quantitative estimate of drug-likeness (QED) is 0.397. The summed E-state index contributed by atoms with van der Waals surface area (Å²) in [5.74, 6) is -0.147. The minimum atomic E-state index is -0.621. The summed E-state index contributed by atoms with van der Waals surface area (Å²) < 4.78 is 4.85. The molecule has 1 aliphatic rings. The van der Waals surface area contributed by atoms with E-state index in [4.69, 9.17) is 4.74 Å². The highest BCUT2D eigenvalue weighted by Gasteiger charge is 2.35. The van der Waals surface area contributed by atoms with E-state index in [2.05, 4.69) is 6.58 Å². The maximum Gasteiger partial charge on any atom is 0.305 e. The van der Waals surface area contributed by atoms with Crippen LogP contribution in [0.1, 0.15) is 45.4 Å². The summed E-state index contributed by atoms with van der Waals surface area (Å²) in [5.41, 5.74) is 0. The molecule has 0 aliphatic carbocycles. The number of carbonyl (C=O) groups is 2. The van der Waals surface area contributed by atoms with Crippen LogP contribution in [-0.2, 0) is 14.3 Å². The number of aliphatic hydroxyl groups is 1. The molecule has 1 rings (SSSR count). The van der Waals surface area contributed by atoms with Crippen LogP contribution in [0.4, 0.5) is 0 Å². The Balaban J connectivity index is 2.13. The van der Waals surface area contributed by atoms with Gasteiger partial charge in [-0.15, -0.1) is 6.58 Å². The fourth-order valence-corrected chi connectivity index (χ4v) is 2.49. The van der Waals surface area contributed by atoms with E-state index in [0.29, 0.717) is 19.6 Å². The van der Waals surface area contributed by atoms with Gasteiger partial charge >= 0.3 is 5.97 Å². The first-order valence-corrected chi connectivity index (χ1v) is 7.35. The molecule has 0 bridgehead atoms. The van der Waals surface area contributed by atoms with E-state index in [1.807, 2.05) is 0 Å². The Morgan fingerprint density at radius 1 is 1.45 bits per heavy atom. The molecule has 0 aromatic carbocycles. The number of aliphatic hydroxyl groups excluding tert-OH is 1. The average molecular weight is 283 g/mol. The average Bonchev–Trinajstić information content (AvgIpc) is 2.68. The van der Waals surface area contributed by atoms with E-state index in [1.54, 1.807) is 17.9 Å². The predicted octanol–water partition coefficient (Wildman–Crippen LogP) is 1.65. The minimum absolute atomic E-state index is 0.00563. The molecule has 114 valence electrons. The van der Waals surface area contributed by atoms with E-state index in [-0.39, 0.29) is 24.3 Å². The third-order valence-corrected chi connectivity index (χ3v) is 3.53. The van der Waals surface area contributed by atoms with Crippen LogP contribution in [0.3, 0.4) is 0 Å². The second-order valence-electron chi connectivity index (χ2n) is 5.05. The zero-order chi connectivity index (χ0) is 15.0. The van der Waals surface area contributed by atoms with Crippen LogP contribution < -0.4 is 0 Å². The summed E-state index contributed by atoms with van der Waals surface area (Å²) in [7, 11) is 0. The number of rotatable bonds is 9. The molecule has 1 aliphatic heterocycles. The minimum Gasteiger partial charge on any atom is -0.466 e. The van der Waals surface area contributed by atoms with Crippen LogP contribution in [0.25, 0.3) is 0 Å². The highest BCUT2D eigenvalue weighted by molar-refractivity contribution is 5.80. The molecule has 1 fully saturated rings. The third-order valence-electron chi connectivity index (χ3n) is 3.53. The Morgan fingerprint density at radius 3 is 2.80 bits per heavy atom. The van der Waals surface area contributed by atoms with Gasteiger partial charge in [-0.2, -0.15) is 0 Å². The lowest BCUT2D eigenvalue weighted by Gasteiger charge is -2.23. The van der Waals surface area contributed by atoms with Gasteiger partial charge in [0.2, 0.25) is 5.91 Å². The van der Waals surface area contributed by atoms with Crippen LogP contribution in [0.15, 0.2) is 12.7 Å². The Hall–Kier alpha value is -1.36. The number of esters is 1. The molecule has 0 saturated carbocycles. The fraction of sp³-hybridized carbons (Fsp3) is 0.733. The van der Waals surface area contributed by atoms with E-state index >= 15 is 0 Å². The topological polar surface area (TPSA) is 66.8 Å². The van der Waals surface area contributed by atoms with Gasteiger partial charge in [-0.05, 0) is 19.8 Å². The van der Waals surface area contributed by atoms with Gasteiger partial charge in [-0.3, -0.25) is 9.59 Å². The first kappa shape index (κ1) is 16.7. The second kappa shape index (κ2) is 8.74. The van der Waals surface area contributed by atoms with Crippen LogP contribution in [0.2, 0.25) is 0 Å². The van der Waals surface area contributed by atoms with Crippen molar-refractivity contribution in [2.45, 2.75) is 57.6 Å². The molecular formula is C15H25NO4. The normalized spacial score (nSPS) is 22.1. The molecule has 5 heteroatoms. The molecule has 1 N–H and O–H groups in total. The number of carbonyl (C=O) groups excluding carboxylic acids is 2. The lowest BCUT2D eigenvalue weighted by molar-refractivity contribution is -0.143. The van der Waals surface area contributed by atoms with Crippen molar-refractivity contribution in [3.63, 3.8) is 0 Å². The number of unbranched alkanes of at least 4 members (excludes halogenated alkanes) is 3. The summed E-state index contributed by atoms with van der Waals surface area (Å²) in [6, 6.07) is -0.248. The highest BCUT2D eigenvalue weighted by Crippen LogP contribution is 2.21. The van der Waals surface area contributed by atoms with Gasteiger partial charge in [0, 0.05) is 13.0 Å². The molecule has 0 radical (unpaired) electrons. The zero-order valence-corrected chi connectivity index (χ0v) is 12.2. The van der Waals surface area contributed by atoms with Gasteiger partial charge in [0.15, 0.2) is 0 Å². The van der Waals surface area contributed by atoms with Crippen molar-refractivity contribution in [2.75, 3.05) is 13.2 Å². The number of amides is 1. The molecular weight excluding hydrogens is 258 g/mol. The largest absolute Gasteiger partial charge is 0.466 e. The summed E-state index contributed by atoms with van der Waals surface area (Å²) in [6.45, 7) is 6.54. The lowest BCUT2D eigenvalue weighted by atomic mass is 10.1. The van der Waals surface area contributed by atoms with Crippen molar-refractivity contribution in [2.24, 2.45) is 0 Å². The van der Waals surface area contributed by atoms with E-state index in [1.165, 1.54) is 0 Å². The molecule has 1 unspecified atom stereocenters.